The van der Waals surface area contributed by atoms with Crippen molar-refractivity contribution in [3.63, 3.8) is 0 Å². The van der Waals surface area contributed by atoms with Crippen LogP contribution in [0.2, 0.25) is 0 Å². The third-order valence-corrected chi connectivity index (χ3v) is 6.86. The van der Waals surface area contributed by atoms with E-state index in [4.69, 9.17) is 4.74 Å². The zero-order valence-corrected chi connectivity index (χ0v) is 20.7. The molecule has 0 N–H and O–H groups in total. The number of rotatable bonds is 6. The Morgan fingerprint density at radius 2 is 1.67 bits per heavy atom. The van der Waals surface area contributed by atoms with Gasteiger partial charge < -0.3 is 9.64 Å². The van der Waals surface area contributed by atoms with Crippen LogP contribution in [0.1, 0.15) is 31.9 Å². The predicted octanol–water partition coefficient (Wildman–Crippen LogP) is 6.64. The van der Waals surface area contributed by atoms with Gasteiger partial charge in [-0.25, -0.2) is 4.79 Å². The molecule has 4 nitrogen and oxygen atoms in total. The van der Waals surface area contributed by atoms with Crippen LogP contribution in [0.15, 0.2) is 58.3 Å². The molecule has 33 heavy (non-hydrogen) atoms. The highest BCUT2D eigenvalue weighted by Crippen LogP contribution is 2.37. The van der Waals surface area contributed by atoms with E-state index in [-0.39, 0.29) is 28.0 Å². The molecule has 0 spiro atoms. The van der Waals surface area contributed by atoms with Crippen molar-refractivity contribution < 1.29 is 22.7 Å². The van der Waals surface area contributed by atoms with Gasteiger partial charge >= 0.3 is 11.6 Å². The Morgan fingerprint density at radius 3 is 2.33 bits per heavy atom. The molecule has 0 atom stereocenters. The number of thioether (sulfide) groups is 2. The lowest BCUT2D eigenvalue weighted by Crippen LogP contribution is -2.48. The molecule has 0 aromatic heterocycles. The highest BCUT2D eigenvalue weighted by atomic mass is 32.2. The van der Waals surface area contributed by atoms with Crippen LogP contribution in [0.4, 0.5) is 18.0 Å². The van der Waals surface area contributed by atoms with Gasteiger partial charge in [-0.2, -0.15) is 13.2 Å². The standard InChI is InChI=1S/C24H29F3N2O2S2/c1-23(2,3)33-21-10-5-4-8-19(21)16-28-11-13-29(14-12-28)22(30)31-17-18-7-6-9-20(15-18)32-24(25,26)27/h4-10,15H,11-14,16-17H2,1-3H3. The Kier molecular flexibility index (Phi) is 8.64. The van der Waals surface area contributed by atoms with E-state index in [1.165, 1.54) is 28.7 Å². The quantitative estimate of drug-likeness (QED) is 0.417. The number of carbonyl (C=O) groups is 1. The number of carbonyl (C=O) groups excluding carboxylic acids is 1. The molecule has 0 radical (unpaired) electrons. The monoisotopic (exact) mass is 498 g/mol. The minimum Gasteiger partial charge on any atom is -0.445 e. The van der Waals surface area contributed by atoms with Gasteiger partial charge in [0, 0.05) is 47.3 Å². The molecular formula is C24H29F3N2O2S2. The van der Waals surface area contributed by atoms with Crippen molar-refractivity contribution in [2.75, 3.05) is 26.2 Å². The smallest absolute Gasteiger partial charge is 0.445 e. The van der Waals surface area contributed by atoms with E-state index in [1.54, 1.807) is 11.0 Å². The van der Waals surface area contributed by atoms with Crippen molar-refractivity contribution in [3.05, 3.63) is 59.7 Å². The number of ether oxygens (including phenoxy) is 1. The van der Waals surface area contributed by atoms with Crippen molar-refractivity contribution >= 4 is 29.6 Å². The lowest BCUT2D eigenvalue weighted by atomic mass is 10.2. The number of piperazine rings is 1. The zero-order valence-electron chi connectivity index (χ0n) is 19.0. The van der Waals surface area contributed by atoms with Crippen molar-refractivity contribution in [2.24, 2.45) is 0 Å². The number of alkyl halides is 3. The molecule has 9 heteroatoms. The number of halogens is 3. The number of nitrogens with zero attached hydrogens (tertiary/aromatic N) is 2. The molecular weight excluding hydrogens is 469 g/mol. The fourth-order valence-electron chi connectivity index (χ4n) is 3.46. The summed E-state index contributed by atoms with van der Waals surface area (Å²) in [6, 6.07) is 14.4. The van der Waals surface area contributed by atoms with Gasteiger partial charge in [0.2, 0.25) is 0 Å². The molecule has 2 aromatic carbocycles. The number of hydrogen-bond donors (Lipinski definition) is 0. The molecule has 0 unspecified atom stereocenters. The first-order chi connectivity index (χ1) is 15.5. The molecule has 1 heterocycles. The van der Waals surface area contributed by atoms with Crippen LogP contribution in [-0.4, -0.2) is 52.3 Å². The van der Waals surface area contributed by atoms with E-state index in [0.29, 0.717) is 18.7 Å². The first kappa shape index (κ1) is 25.8. The van der Waals surface area contributed by atoms with Crippen LogP contribution in [0.5, 0.6) is 0 Å². The molecule has 1 fully saturated rings. The largest absolute Gasteiger partial charge is 0.446 e. The normalized spacial score (nSPS) is 15.5. The molecule has 0 aliphatic carbocycles. The van der Waals surface area contributed by atoms with Crippen molar-refractivity contribution in [1.82, 2.24) is 9.80 Å². The molecule has 1 saturated heterocycles. The Hall–Kier alpha value is -1.84. The van der Waals surface area contributed by atoms with Gasteiger partial charge in [-0.1, -0.05) is 51.1 Å². The summed E-state index contributed by atoms with van der Waals surface area (Å²) in [5, 5.41) is 0. The highest BCUT2D eigenvalue weighted by Gasteiger charge is 2.29. The van der Waals surface area contributed by atoms with Gasteiger partial charge in [-0.05, 0) is 41.1 Å². The lowest BCUT2D eigenvalue weighted by molar-refractivity contribution is -0.0328. The third kappa shape index (κ3) is 8.79. The van der Waals surface area contributed by atoms with Crippen molar-refractivity contribution in [1.29, 1.82) is 0 Å². The average Bonchev–Trinajstić information content (AvgIpc) is 2.72. The maximum absolute atomic E-state index is 12.6. The fraction of sp³-hybridized carbons (Fsp3) is 0.458. The molecule has 1 aliphatic rings. The predicted molar refractivity (Wildman–Crippen MR) is 127 cm³/mol. The SMILES string of the molecule is CC(C)(C)Sc1ccccc1CN1CCN(C(=O)OCc2cccc(SC(F)(F)F)c2)CC1. The summed E-state index contributed by atoms with van der Waals surface area (Å²) < 4.78 is 43.2. The van der Waals surface area contributed by atoms with Gasteiger partial charge in [0.1, 0.15) is 6.61 Å². The molecule has 180 valence electrons. The summed E-state index contributed by atoms with van der Waals surface area (Å²) in [6.07, 6.45) is -0.438. The van der Waals surface area contributed by atoms with Gasteiger partial charge in [0.25, 0.3) is 0 Å². The number of benzene rings is 2. The lowest BCUT2D eigenvalue weighted by Gasteiger charge is -2.34. The average molecular weight is 499 g/mol. The van der Waals surface area contributed by atoms with Crippen LogP contribution in [0, 0.1) is 0 Å². The Morgan fingerprint density at radius 1 is 0.970 bits per heavy atom. The molecule has 3 rings (SSSR count). The van der Waals surface area contributed by atoms with E-state index in [0.717, 1.165) is 19.6 Å². The van der Waals surface area contributed by atoms with Crippen LogP contribution < -0.4 is 0 Å². The molecule has 0 saturated carbocycles. The molecule has 2 aromatic rings. The Balaban J connectivity index is 1.48. The van der Waals surface area contributed by atoms with Crippen molar-refractivity contribution in [2.45, 2.75) is 54.0 Å². The van der Waals surface area contributed by atoms with Gasteiger partial charge in [-0.3, -0.25) is 4.90 Å². The topological polar surface area (TPSA) is 32.8 Å². The molecule has 1 aliphatic heterocycles. The Bertz CT molecular complexity index is 940. The van der Waals surface area contributed by atoms with Crippen molar-refractivity contribution in [3.8, 4) is 0 Å². The summed E-state index contributed by atoms with van der Waals surface area (Å²) in [5.41, 5.74) is -2.53. The fourth-order valence-corrected chi connectivity index (χ4v) is 5.16. The summed E-state index contributed by atoms with van der Waals surface area (Å²) in [6.45, 7) is 9.95. The second kappa shape index (κ2) is 11.1. The van der Waals surface area contributed by atoms with Crippen LogP contribution in [0.3, 0.4) is 0 Å². The maximum Gasteiger partial charge on any atom is 0.446 e. The number of amides is 1. The Labute approximate surface area is 201 Å². The summed E-state index contributed by atoms with van der Waals surface area (Å²) in [7, 11) is 0. The first-order valence-electron chi connectivity index (χ1n) is 10.7. The summed E-state index contributed by atoms with van der Waals surface area (Å²) in [5.74, 6) is 0. The van der Waals surface area contributed by atoms with Gasteiger partial charge in [-0.15, -0.1) is 11.8 Å². The second-order valence-corrected chi connectivity index (χ2v) is 11.8. The van der Waals surface area contributed by atoms with Crippen LogP contribution >= 0.6 is 23.5 Å². The van der Waals surface area contributed by atoms with E-state index in [9.17, 15) is 18.0 Å². The maximum atomic E-state index is 12.6. The summed E-state index contributed by atoms with van der Waals surface area (Å²) >= 11 is 1.68. The second-order valence-electron chi connectivity index (χ2n) is 8.84. The molecule has 1 amide bonds. The van der Waals surface area contributed by atoms with E-state index < -0.39 is 11.6 Å². The van der Waals surface area contributed by atoms with E-state index >= 15 is 0 Å². The van der Waals surface area contributed by atoms with Gasteiger partial charge in [0.15, 0.2) is 0 Å². The molecule has 0 bridgehead atoms. The van der Waals surface area contributed by atoms with Crippen LogP contribution in [-0.2, 0) is 17.9 Å². The van der Waals surface area contributed by atoms with Gasteiger partial charge in [0.05, 0.1) is 0 Å². The first-order valence-corrected chi connectivity index (χ1v) is 12.4. The van der Waals surface area contributed by atoms with Crippen LogP contribution in [0.25, 0.3) is 0 Å². The third-order valence-electron chi connectivity index (χ3n) is 4.91. The minimum absolute atomic E-state index is 0.0529. The van der Waals surface area contributed by atoms with E-state index in [2.05, 4.69) is 49.9 Å². The summed E-state index contributed by atoms with van der Waals surface area (Å²) in [4.78, 5) is 17.8. The highest BCUT2D eigenvalue weighted by molar-refractivity contribution is 8.00. The minimum atomic E-state index is -4.35. The number of hydrogen-bond acceptors (Lipinski definition) is 5. The zero-order chi connectivity index (χ0) is 24.1. The van der Waals surface area contributed by atoms with E-state index in [1.807, 2.05) is 11.8 Å².